The lowest BCUT2D eigenvalue weighted by Crippen LogP contribution is -2.44. The lowest BCUT2D eigenvalue weighted by Gasteiger charge is -2.42. The maximum absolute atomic E-state index is 12.8. The first-order valence-corrected chi connectivity index (χ1v) is 12.5. The summed E-state index contributed by atoms with van der Waals surface area (Å²) < 4.78 is 0. The minimum absolute atomic E-state index is 0.0575. The first-order valence-electron chi connectivity index (χ1n) is 12.5. The zero-order chi connectivity index (χ0) is 21.3. The SMILES string of the molecule is CC[C@H](CN1CCC2(CC1)C[C@H](N(C)C(=O)C(C)C)c1ccccc12)C1CCCC1. The summed E-state index contributed by atoms with van der Waals surface area (Å²) in [4.78, 5) is 17.6. The number of benzene rings is 1. The topological polar surface area (TPSA) is 23.6 Å². The van der Waals surface area contributed by atoms with Crippen molar-refractivity contribution in [1.29, 1.82) is 0 Å². The van der Waals surface area contributed by atoms with Crippen LogP contribution in [-0.2, 0) is 10.2 Å². The number of carbonyl (C=O) groups is 1. The van der Waals surface area contributed by atoms with E-state index >= 15 is 0 Å². The molecule has 0 radical (unpaired) electrons. The monoisotopic (exact) mass is 410 g/mol. The van der Waals surface area contributed by atoms with Crippen LogP contribution in [0.2, 0.25) is 0 Å². The molecule has 1 aromatic rings. The van der Waals surface area contributed by atoms with Crippen LogP contribution in [0.15, 0.2) is 24.3 Å². The quantitative estimate of drug-likeness (QED) is 0.592. The molecule has 166 valence electrons. The molecule has 0 aromatic heterocycles. The van der Waals surface area contributed by atoms with Gasteiger partial charge in [-0.2, -0.15) is 0 Å². The summed E-state index contributed by atoms with van der Waals surface area (Å²) in [5.74, 6) is 2.19. The van der Waals surface area contributed by atoms with E-state index in [4.69, 9.17) is 0 Å². The molecule has 1 aromatic carbocycles. The van der Waals surface area contributed by atoms with E-state index in [1.165, 1.54) is 75.7 Å². The van der Waals surface area contributed by atoms with E-state index in [0.717, 1.165) is 18.3 Å². The van der Waals surface area contributed by atoms with Gasteiger partial charge in [-0.1, -0.05) is 77.1 Å². The Morgan fingerprint density at radius 1 is 1.17 bits per heavy atom. The molecule has 3 heteroatoms. The van der Waals surface area contributed by atoms with Gasteiger partial charge in [0.15, 0.2) is 0 Å². The maximum Gasteiger partial charge on any atom is 0.225 e. The van der Waals surface area contributed by atoms with Crippen LogP contribution in [0.3, 0.4) is 0 Å². The van der Waals surface area contributed by atoms with E-state index < -0.39 is 0 Å². The second kappa shape index (κ2) is 9.02. The van der Waals surface area contributed by atoms with Crippen molar-refractivity contribution < 1.29 is 4.79 Å². The van der Waals surface area contributed by atoms with Crippen LogP contribution in [0.25, 0.3) is 0 Å². The minimum Gasteiger partial charge on any atom is -0.338 e. The number of fused-ring (bicyclic) bond motifs is 2. The number of hydrogen-bond acceptors (Lipinski definition) is 2. The summed E-state index contributed by atoms with van der Waals surface area (Å²) in [6.45, 7) is 10.2. The van der Waals surface area contributed by atoms with Crippen molar-refractivity contribution in [2.75, 3.05) is 26.7 Å². The average Bonchev–Trinajstić information content (AvgIpc) is 3.40. The van der Waals surface area contributed by atoms with E-state index in [-0.39, 0.29) is 23.3 Å². The summed E-state index contributed by atoms with van der Waals surface area (Å²) in [5.41, 5.74) is 3.19. The summed E-state index contributed by atoms with van der Waals surface area (Å²) >= 11 is 0. The van der Waals surface area contributed by atoms with Crippen LogP contribution in [0.5, 0.6) is 0 Å². The summed E-state index contributed by atoms with van der Waals surface area (Å²) in [7, 11) is 2.02. The van der Waals surface area contributed by atoms with E-state index in [1.807, 2.05) is 25.8 Å². The number of rotatable bonds is 6. The second-order valence-corrected chi connectivity index (χ2v) is 10.7. The molecule has 2 aliphatic carbocycles. The predicted octanol–water partition coefficient (Wildman–Crippen LogP) is 5.80. The van der Waals surface area contributed by atoms with Crippen LogP contribution in [0.1, 0.15) is 89.3 Å². The largest absolute Gasteiger partial charge is 0.338 e. The molecule has 1 heterocycles. The van der Waals surface area contributed by atoms with Crippen molar-refractivity contribution in [3.8, 4) is 0 Å². The summed E-state index contributed by atoms with van der Waals surface area (Å²) in [5, 5.41) is 0. The Balaban J connectivity index is 1.46. The highest BCUT2D eigenvalue weighted by Gasteiger charge is 2.47. The number of hydrogen-bond donors (Lipinski definition) is 0. The molecule has 1 amide bonds. The van der Waals surface area contributed by atoms with Crippen molar-refractivity contribution in [3.05, 3.63) is 35.4 Å². The van der Waals surface area contributed by atoms with Gasteiger partial charge in [0.25, 0.3) is 0 Å². The van der Waals surface area contributed by atoms with Gasteiger partial charge in [0.1, 0.15) is 0 Å². The number of nitrogens with zero attached hydrogens (tertiary/aromatic N) is 2. The third-order valence-electron chi connectivity index (χ3n) is 8.68. The lowest BCUT2D eigenvalue weighted by molar-refractivity contribution is -0.135. The highest BCUT2D eigenvalue weighted by molar-refractivity contribution is 5.78. The van der Waals surface area contributed by atoms with Crippen LogP contribution >= 0.6 is 0 Å². The van der Waals surface area contributed by atoms with Gasteiger partial charge < -0.3 is 9.80 Å². The Labute approximate surface area is 184 Å². The minimum atomic E-state index is 0.0575. The number of amides is 1. The summed E-state index contributed by atoms with van der Waals surface area (Å²) in [6.07, 6.45) is 10.7. The second-order valence-electron chi connectivity index (χ2n) is 10.7. The standard InChI is InChI=1S/C27H42N2O/c1-5-21(22-10-6-7-11-22)19-29-16-14-27(15-17-29)18-25(28(4)26(30)20(2)3)23-12-8-9-13-24(23)27/h8-9,12-13,20-22,25H,5-7,10-11,14-19H2,1-4H3/t21-,25+/m1/s1. The Morgan fingerprint density at radius 2 is 1.83 bits per heavy atom. The van der Waals surface area contributed by atoms with Crippen LogP contribution in [-0.4, -0.2) is 42.4 Å². The van der Waals surface area contributed by atoms with Crippen LogP contribution < -0.4 is 0 Å². The van der Waals surface area contributed by atoms with Gasteiger partial charge in [-0.3, -0.25) is 4.79 Å². The fourth-order valence-electron chi connectivity index (χ4n) is 6.78. The Kier molecular flexibility index (Phi) is 6.58. The fraction of sp³-hybridized carbons (Fsp3) is 0.741. The molecule has 1 spiro atoms. The Hall–Kier alpha value is -1.35. The van der Waals surface area contributed by atoms with Crippen LogP contribution in [0, 0.1) is 17.8 Å². The molecule has 1 saturated heterocycles. The zero-order valence-electron chi connectivity index (χ0n) is 19.7. The molecule has 2 fully saturated rings. The van der Waals surface area contributed by atoms with Crippen LogP contribution in [0.4, 0.5) is 0 Å². The first-order chi connectivity index (χ1) is 14.4. The molecule has 0 bridgehead atoms. The normalized spacial score (nSPS) is 25.0. The summed E-state index contributed by atoms with van der Waals surface area (Å²) in [6, 6.07) is 9.22. The first kappa shape index (κ1) is 21.9. The van der Waals surface area contributed by atoms with E-state index in [1.54, 1.807) is 0 Å². The third kappa shape index (κ3) is 4.07. The smallest absolute Gasteiger partial charge is 0.225 e. The number of likely N-dealkylation sites (tertiary alicyclic amines) is 1. The van der Waals surface area contributed by atoms with Gasteiger partial charge >= 0.3 is 0 Å². The highest BCUT2D eigenvalue weighted by Crippen LogP contribution is 2.52. The van der Waals surface area contributed by atoms with E-state index in [2.05, 4.69) is 36.1 Å². The molecule has 0 N–H and O–H groups in total. The van der Waals surface area contributed by atoms with Crippen molar-refractivity contribution >= 4 is 5.91 Å². The average molecular weight is 411 g/mol. The Bertz CT molecular complexity index is 728. The predicted molar refractivity (Wildman–Crippen MR) is 124 cm³/mol. The van der Waals surface area contributed by atoms with Crippen molar-refractivity contribution in [2.24, 2.45) is 17.8 Å². The Morgan fingerprint density at radius 3 is 2.47 bits per heavy atom. The van der Waals surface area contributed by atoms with E-state index in [0.29, 0.717) is 0 Å². The molecule has 3 aliphatic rings. The number of carbonyl (C=O) groups excluding carboxylic acids is 1. The van der Waals surface area contributed by atoms with Gasteiger partial charge in [0.2, 0.25) is 5.91 Å². The molecular formula is C27H42N2O. The molecule has 1 aliphatic heterocycles. The lowest BCUT2D eigenvalue weighted by atomic mass is 9.73. The molecule has 2 atom stereocenters. The number of piperidine rings is 1. The third-order valence-corrected chi connectivity index (χ3v) is 8.68. The zero-order valence-corrected chi connectivity index (χ0v) is 19.7. The molecule has 0 unspecified atom stereocenters. The molecule has 1 saturated carbocycles. The highest BCUT2D eigenvalue weighted by atomic mass is 16.2. The van der Waals surface area contributed by atoms with Gasteiger partial charge in [-0.05, 0) is 55.3 Å². The molecule has 30 heavy (non-hydrogen) atoms. The van der Waals surface area contributed by atoms with E-state index in [9.17, 15) is 4.79 Å². The molecule has 4 rings (SSSR count). The van der Waals surface area contributed by atoms with Crippen molar-refractivity contribution in [1.82, 2.24) is 9.80 Å². The molecular weight excluding hydrogens is 368 g/mol. The molecule has 3 nitrogen and oxygen atoms in total. The fourth-order valence-corrected chi connectivity index (χ4v) is 6.78. The maximum atomic E-state index is 12.8. The van der Waals surface area contributed by atoms with Crippen molar-refractivity contribution in [3.63, 3.8) is 0 Å². The van der Waals surface area contributed by atoms with Gasteiger partial charge in [0, 0.05) is 24.9 Å². The van der Waals surface area contributed by atoms with Gasteiger partial charge in [-0.15, -0.1) is 0 Å². The van der Waals surface area contributed by atoms with Crippen molar-refractivity contribution in [2.45, 2.75) is 83.6 Å². The van der Waals surface area contributed by atoms with Gasteiger partial charge in [-0.25, -0.2) is 0 Å². The van der Waals surface area contributed by atoms with Gasteiger partial charge in [0.05, 0.1) is 6.04 Å².